The van der Waals surface area contributed by atoms with Gasteiger partial charge < -0.3 is 16.0 Å². The van der Waals surface area contributed by atoms with E-state index < -0.39 is 11.0 Å². The number of nitro groups is 1. The highest BCUT2D eigenvalue weighted by Crippen LogP contribution is 2.29. The Bertz CT molecular complexity index is 531. The van der Waals surface area contributed by atoms with Crippen molar-refractivity contribution >= 4 is 33.5 Å². The Morgan fingerprint density at radius 1 is 1.55 bits per heavy atom. The number of nitrogens with two attached hydrogens (primary N) is 1. The van der Waals surface area contributed by atoms with E-state index >= 15 is 0 Å². The molecule has 2 heterocycles. The number of primary amides is 1. The number of urea groups is 1. The molecule has 1 aromatic rings. The van der Waals surface area contributed by atoms with Gasteiger partial charge >= 0.3 is 6.03 Å². The molecule has 0 bridgehead atoms. The lowest BCUT2D eigenvalue weighted by molar-refractivity contribution is -0.385. The van der Waals surface area contributed by atoms with Crippen LogP contribution >= 0.6 is 15.9 Å². The smallest absolute Gasteiger partial charge is 0.312 e. The predicted octanol–water partition coefficient (Wildman–Crippen LogP) is 1.39. The monoisotopic (exact) mass is 343 g/mol. The van der Waals surface area contributed by atoms with Gasteiger partial charge in [-0.3, -0.25) is 10.1 Å². The first-order chi connectivity index (χ1) is 9.47. The van der Waals surface area contributed by atoms with Gasteiger partial charge in [-0.15, -0.1) is 0 Å². The summed E-state index contributed by atoms with van der Waals surface area (Å²) in [6.07, 6.45) is 2.76. The Morgan fingerprint density at radius 3 is 2.70 bits per heavy atom. The van der Waals surface area contributed by atoms with Crippen molar-refractivity contribution in [2.24, 2.45) is 5.73 Å². The average Bonchev–Trinajstić information content (AvgIpc) is 2.39. The predicted molar refractivity (Wildman–Crippen MR) is 76.5 cm³/mol. The zero-order chi connectivity index (χ0) is 14.7. The van der Waals surface area contributed by atoms with E-state index in [0.717, 1.165) is 12.8 Å². The molecule has 108 valence electrons. The molecular weight excluding hydrogens is 330 g/mol. The lowest BCUT2D eigenvalue weighted by atomic mass is 10.1. The molecule has 0 radical (unpaired) electrons. The van der Waals surface area contributed by atoms with Crippen molar-refractivity contribution in [1.82, 2.24) is 10.3 Å². The summed E-state index contributed by atoms with van der Waals surface area (Å²) in [7, 11) is 0. The lowest BCUT2D eigenvalue weighted by Gasteiger charge is -2.33. The first-order valence-corrected chi connectivity index (χ1v) is 6.87. The number of hydrogen-bond donors (Lipinski definition) is 2. The highest BCUT2D eigenvalue weighted by molar-refractivity contribution is 9.10. The van der Waals surface area contributed by atoms with Gasteiger partial charge in [-0.05, 0) is 28.8 Å². The van der Waals surface area contributed by atoms with Crippen LogP contribution < -0.4 is 16.0 Å². The van der Waals surface area contributed by atoms with Gasteiger partial charge in [0.15, 0.2) is 0 Å². The number of hydrogen-bond acceptors (Lipinski definition) is 5. The largest absolute Gasteiger partial charge is 0.356 e. The van der Waals surface area contributed by atoms with E-state index in [0.29, 0.717) is 23.4 Å². The summed E-state index contributed by atoms with van der Waals surface area (Å²) in [5, 5.41) is 13.3. The third kappa shape index (κ3) is 3.35. The van der Waals surface area contributed by atoms with Crippen LogP contribution in [0, 0.1) is 10.1 Å². The molecule has 9 heteroatoms. The number of nitrogens with zero attached hydrogens (tertiary/aromatic N) is 3. The second kappa shape index (κ2) is 6.04. The summed E-state index contributed by atoms with van der Waals surface area (Å²) in [6.45, 7) is 1.41. The molecule has 0 saturated carbocycles. The minimum absolute atomic E-state index is 0.0501. The van der Waals surface area contributed by atoms with Crippen molar-refractivity contribution in [2.45, 2.75) is 18.9 Å². The minimum Gasteiger partial charge on any atom is -0.356 e. The molecule has 0 aliphatic carbocycles. The molecule has 3 N–H and O–H groups in total. The summed E-state index contributed by atoms with van der Waals surface area (Å²) in [4.78, 5) is 27.1. The highest BCUT2D eigenvalue weighted by atomic mass is 79.9. The number of piperidine rings is 1. The zero-order valence-electron chi connectivity index (χ0n) is 10.6. The third-order valence-electron chi connectivity index (χ3n) is 3.16. The van der Waals surface area contributed by atoms with Gasteiger partial charge in [0.25, 0.3) is 5.69 Å². The van der Waals surface area contributed by atoms with Crippen LogP contribution in [0.15, 0.2) is 16.7 Å². The van der Waals surface area contributed by atoms with E-state index in [1.54, 1.807) is 0 Å². The van der Waals surface area contributed by atoms with E-state index in [-0.39, 0.29) is 11.7 Å². The van der Waals surface area contributed by atoms with Crippen LogP contribution in [-0.4, -0.2) is 35.1 Å². The van der Waals surface area contributed by atoms with Gasteiger partial charge in [-0.1, -0.05) is 0 Å². The van der Waals surface area contributed by atoms with E-state index in [1.165, 1.54) is 12.3 Å². The number of amides is 2. The summed E-state index contributed by atoms with van der Waals surface area (Å²) in [6, 6.07) is 0.995. The first kappa shape index (κ1) is 14.5. The topological polar surface area (TPSA) is 114 Å². The molecule has 1 aliphatic rings. The third-order valence-corrected chi connectivity index (χ3v) is 3.74. The van der Waals surface area contributed by atoms with Crippen molar-refractivity contribution in [1.29, 1.82) is 0 Å². The lowest BCUT2D eigenvalue weighted by Crippen LogP contribution is -2.46. The Kier molecular flexibility index (Phi) is 4.38. The van der Waals surface area contributed by atoms with Crippen molar-refractivity contribution in [2.75, 3.05) is 18.0 Å². The fraction of sp³-hybridized carbons (Fsp3) is 0.455. The molecule has 0 atom stereocenters. The SMILES string of the molecule is NC(=O)NC1CCN(c2ncc([N+](=O)[O-])cc2Br)CC1. The van der Waals surface area contributed by atoms with Crippen LogP contribution in [0.5, 0.6) is 0 Å². The maximum Gasteiger partial charge on any atom is 0.312 e. The second-order valence-electron chi connectivity index (χ2n) is 4.53. The molecule has 2 rings (SSSR count). The van der Waals surface area contributed by atoms with Gasteiger partial charge in [0.05, 0.1) is 9.40 Å². The summed E-state index contributed by atoms with van der Waals surface area (Å²) < 4.78 is 0.591. The number of carbonyl (C=O) groups excluding carboxylic acids is 1. The minimum atomic E-state index is -0.516. The maximum atomic E-state index is 10.8. The molecule has 20 heavy (non-hydrogen) atoms. The standard InChI is InChI=1S/C11H14BrN5O3/c12-9-5-8(17(19)20)6-14-10(9)16-3-1-7(2-4-16)15-11(13)18/h5-7H,1-4H2,(H3,13,15,18). The Balaban J connectivity index is 2.03. The summed E-state index contributed by atoms with van der Waals surface area (Å²) in [5.74, 6) is 0.674. The fourth-order valence-corrected chi connectivity index (χ4v) is 2.78. The normalized spacial score (nSPS) is 15.9. The van der Waals surface area contributed by atoms with Gasteiger partial charge in [0, 0.05) is 25.2 Å². The maximum absolute atomic E-state index is 10.8. The Hall–Kier alpha value is -1.90. The van der Waals surface area contributed by atoms with Crippen molar-refractivity contribution < 1.29 is 9.72 Å². The summed E-state index contributed by atoms with van der Waals surface area (Å²) in [5.41, 5.74) is 5.04. The molecule has 0 spiro atoms. The van der Waals surface area contributed by atoms with E-state index in [4.69, 9.17) is 5.73 Å². The van der Waals surface area contributed by atoms with Gasteiger partial charge in [-0.25, -0.2) is 9.78 Å². The molecule has 1 aliphatic heterocycles. The highest BCUT2D eigenvalue weighted by Gasteiger charge is 2.23. The van der Waals surface area contributed by atoms with Crippen LogP contribution in [-0.2, 0) is 0 Å². The van der Waals surface area contributed by atoms with Crippen molar-refractivity contribution in [3.8, 4) is 0 Å². The number of aromatic nitrogens is 1. The van der Waals surface area contributed by atoms with Crippen LogP contribution in [0.4, 0.5) is 16.3 Å². The number of carbonyl (C=O) groups is 1. The molecule has 1 aromatic heterocycles. The number of rotatable bonds is 3. The van der Waals surface area contributed by atoms with Crippen LogP contribution in [0.25, 0.3) is 0 Å². The van der Waals surface area contributed by atoms with Crippen LogP contribution in [0.1, 0.15) is 12.8 Å². The molecule has 2 amide bonds. The second-order valence-corrected chi connectivity index (χ2v) is 5.38. The van der Waals surface area contributed by atoms with E-state index in [9.17, 15) is 14.9 Å². The molecule has 0 aromatic carbocycles. The number of nitrogens with one attached hydrogen (secondary N) is 1. The van der Waals surface area contributed by atoms with E-state index in [2.05, 4.69) is 26.2 Å². The molecule has 0 unspecified atom stereocenters. The van der Waals surface area contributed by atoms with Crippen molar-refractivity contribution in [3.05, 3.63) is 26.9 Å². The Labute approximate surface area is 123 Å². The molecule has 8 nitrogen and oxygen atoms in total. The Morgan fingerprint density at radius 2 is 2.20 bits per heavy atom. The first-order valence-electron chi connectivity index (χ1n) is 6.08. The van der Waals surface area contributed by atoms with E-state index in [1.807, 2.05) is 4.90 Å². The number of anilines is 1. The van der Waals surface area contributed by atoms with Crippen molar-refractivity contribution in [3.63, 3.8) is 0 Å². The summed E-state index contributed by atoms with van der Waals surface area (Å²) >= 11 is 3.31. The molecule has 1 fully saturated rings. The fourth-order valence-electron chi connectivity index (χ4n) is 2.19. The molecule has 1 saturated heterocycles. The number of pyridine rings is 1. The van der Waals surface area contributed by atoms with Gasteiger partial charge in [0.1, 0.15) is 12.0 Å². The average molecular weight is 344 g/mol. The van der Waals surface area contributed by atoms with Gasteiger partial charge in [-0.2, -0.15) is 0 Å². The van der Waals surface area contributed by atoms with Crippen LogP contribution in [0.3, 0.4) is 0 Å². The van der Waals surface area contributed by atoms with Gasteiger partial charge in [0.2, 0.25) is 0 Å². The quantitative estimate of drug-likeness (QED) is 0.635. The molecular formula is C11H14BrN5O3. The van der Waals surface area contributed by atoms with Crippen LogP contribution in [0.2, 0.25) is 0 Å². The zero-order valence-corrected chi connectivity index (χ0v) is 12.2. The number of halogens is 1.